The zero-order valence-electron chi connectivity index (χ0n) is 23.9. The van der Waals surface area contributed by atoms with E-state index in [1.807, 2.05) is 61.3 Å². The number of hydrogen-bond donors (Lipinski definition) is 2. The van der Waals surface area contributed by atoms with Crippen molar-refractivity contribution >= 4 is 11.9 Å². The second-order valence-electron chi connectivity index (χ2n) is 10.4. The Morgan fingerprint density at radius 3 is 1.55 bits per heavy atom. The predicted molar refractivity (Wildman–Crippen MR) is 149 cm³/mol. The normalized spacial score (nSPS) is 14.3. The van der Waals surface area contributed by atoms with Crippen molar-refractivity contribution in [3.05, 3.63) is 71.8 Å². The van der Waals surface area contributed by atoms with E-state index < -0.39 is 11.8 Å². The highest BCUT2D eigenvalue weighted by Crippen LogP contribution is 2.24. The summed E-state index contributed by atoms with van der Waals surface area (Å²) in [4.78, 5) is 34.1. The molecule has 0 fully saturated rings. The molecular formula is C30H42N4O6. The van der Waals surface area contributed by atoms with Gasteiger partial charge in [-0.15, -0.1) is 0 Å². The number of hydrogen-bond acceptors (Lipinski definition) is 8. The number of nitrogens with zero attached hydrogens (tertiary/aromatic N) is 4. The van der Waals surface area contributed by atoms with Crippen LogP contribution in [-0.4, -0.2) is 54.5 Å². The van der Waals surface area contributed by atoms with Gasteiger partial charge in [-0.1, -0.05) is 32.0 Å². The number of rotatable bonds is 16. The number of esters is 2. The summed E-state index contributed by atoms with van der Waals surface area (Å²) in [5.74, 6) is -2.14. The molecule has 0 saturated heterocycles. The maximum atomic E-state index is 12.9. The van der Waals surface area contributed by atoms with Crippen molar-refractivity contribution in [2.24, 2.45) is 37.8 Å². The highest BCUT2D eigenvalue weighted by atomic mass is 16.5. The number of aliphatic hydroxyl groups excluding tert-OH is 2. The summed E-state index contributed by atoms with van der Waals surface area (Å²) in [6, 6.07) is 7.38. The minimum Gasteiger partial charge on any atom is -0.461 e. The first-order valence-electron chi connectivity index (χ1n) is 13.8. The van der Waals surface area contributed by atoms with E-state index in [1.54, 1.807) is 25.0 Å². The Morgan fingerprint density at radius 1 is 0.800 bits per heavy atom. The van der Waals surface area contributed by atoms with Crippen LogP contribution in [0.2, 0.25) is 0 Å². The van der Waals surface area contributed by atoms with Gasteiger partial charge in [0.25, 0.3) is 0 Å². The smallest absolute Gasteiger partial charge is 0.309 e. The average Bonchev–Trinajstić information content (AvgIpc) is 3.57. The van der Waals surface area contributed by atoms with Crippen LogP contribution in [-0.2, 0) is 59.2 Å². The zero-order chi connectivity index (χ0) is 29.1. The lowest BCUT2D eigenvalue weighted by molar-refractivity contribution is -0.153. The van der Waals surface area contributed by atoms with Gasteiger partial charge >= 0.3 is 11.9 Å². The monoisotopic (exact) mass is 554 g/mol. The largest absolute Gasteiger partial charge is 0.461 e. The van der Waals surface area contributed by atoms with Crippen LogP contribution in [0.4, 0.5) is 0 Å². The Kier molecular flexibility index (Phi) is 11.9. The molecule has 0 saturated carbocycles. The standard InChI is InChI=1S/C30H42N4O6/c1-5-27(23(15-35)11-25-13-31-19-33(25)3)29(37)39-17-21-8-7-9-22(10-21)18-40-30(38)28(6-2)24(16-36)12-26-14-32-20-34(26)4/h7-10,13-14,19-20,23-24,27-28,35-36H,5-6,11-12,15-18H2,1-4H3/t23-,24-,27-,28-/m0/s1. The van der Waals surface area contributed by atoms with Crippen LogP contribution in [0.1, 0.15) is 49.2 Å². The van der Waals surface area contributed by atoms with Gasteiger partial charge in [0.1, 0.15) is 13.2 Å². The summed E-state index contributed by atoms with van der Waals surface area (Å²) in [7, 11) is 3.77. The van der Waals surface area contributed by atoms with Gasteiger partial charge in [-0.05, 0) is 42.9 Å². The molecule has 0 spiro atoms. The van der Waals surface area contributed by atoms with E-state index in [0.717, 1.165) is 22.5 Å². The molecule has 0 bridgehead atoms. The lowest BCUT2D eigenvalue weighted by Gasteiger charge is -2.23. The lowest BCUT2D eigenvalue weighted by Crippen LogP contribution is -2.30. The van der Waals surface area contributed by atoms with Crippen LogP contribution < -0.4 is 0 Å². The van der Waals surface area contributed by atoms with Crippen molar-refractivity contribution in [2.45, 2.75) is 52.7 Å². The third kappa shape index (κ3) is 8.25. The van der Waals surface area contributed by atoms with Crippen LogP contribution in [0, 0.1) is 23.7 Å². The van der Waals surface area contributed by atoms with Crippen molar-refractivity contribution in [1.82, 2.24) is 19.1 Å². The fourth-order valence-corrected chi connectivity index (χ4v) is 5.09. The first kappa shape index (κ1) is 31.0. The fourth-order valence-electron chi connectivity index (χ4n) is 5.09. The van der Waals surface area contributed by atoms with Crippen molar-refractivity contribution in [3.8, 4) is 0 Å². The number of carbonyl (C=O) groups is 2. The maximum Gasteiger partial charge on any atom is 0.309 e. The van der Waals surface area contributed by atoms with Gasteiger partial charge < -0.3 is 28.8 Å². The molecule has 10 nitrogen and oxygen atoms in total. The molecule has 0 amide bonds. The first-order valence-corrected chi connectivity index (χ1v) is 13.8. The summed E-state index contributed by atoms with van der Waals surface area (Å²) in [5, 5.41) is 20.0. The molecule has 3 aromatic rings. The topological polar surface area (TPSA) is 129 Å². The Bertz CT molecular complexity index is 1130. The Labute approximate surface area is 236 Å². The number of ether oxygens (including phenoxy) is 2. The third-order valence-corrected chi connectivity index (χ3v) is 7.62. The number of aromatic nitrogens is 4. The molecule has 0 aliphatic rings. The maximum absolute atomic E-state index is 12.9. The van der Waals surface area contributed by atoms with Gasteiger partial charge in [-0.2, -0.15) is 0 Å². The van der Waals surface area contributed by atoms with Gasteiger partial charge in [0.2, 0.25) is 0 Å². The summed E-state index contributed by atoms with van der Waals surface area (Å²) in [6.07, 6.45) is 9.03. The van der Waals surface area contributed by atoms with E-state index in [4.69, 9.17) is 9.47 Å². The van der Waals surface area contributed by atoms with Crippen molar-refractivity contribution in [1.29, 1.82) is 0 Å². The van der Waals surface area contributed by atoms with E-state index in [2.05, 4.69) is 9.97 Å². The molecule has 0 aliphatic heterocycles. The first-order chi connectivity index (χ1) is 19.3. The number of aliphatic hydroxyl groups is 2. The highest BCUT2D eigenvalue weighted by molar-refractivity contribution is 5.73. The fraction of sp³-hybridized carbons (Fsp3) is 0.533. The number of benzene rings is 1. The minimum atomic E-state index is -0.444. The quantitative estimate of drug-likeness (QED) is 0.259. The van der Waals surface area contributed by atoms with Gasteiger partial charge in [0, 0.05) is 62.9 Å². The second kappa shape index (κ2) is 15.3. The highest BCUT2D eigenvalue weighted by Gasteiger charge is 2.30. The molecule has 2 N–H and O–H groups in total. The van der Waals surface area contributed by atoms with Gasteiger partial charge in [0.15, 0.2) is 0 Å². The van der Waals surface area contributed by atoms with Crippen LogP contribution >= 0.6 is 0 Å². The molecule has 218 valence electrons. The molecule has 0 radical (unpaired) electrons. The summed E-state index contributed by atoms with van der Waals surface area (Å²) < 4.78 is 15.0. The molecule has 2 heterocycles. The summed E-state index contributed by atoms with van der Waals surface area (Å²) in [6.45, 7) is 3.73. The predicted octanol–water partition coefficient (Wildman–Crippen LogP) is 2.99. The van der Waals surface area contributed by atoms with Crippen molar-refractivity contribution in [3.63, 3.8) is 0 Å². The zero-order valence-corrected chi connectivity index (χ0v) is 23.9. The van der Waals surface area contributed by atoms with Crippen LogP contribution in [0.25, 0.3) is 0 Å². The molecule has 3 rings (SSSR count). The third-order valence-electron chi connectivity index (χ3n) is 7.62. The molecule has 40 heavy (non-hydrogen) atoms. The van der Waals surface area contributed by atoms with E-state index in [9.17, 15) is 19.8 Å². The number of aryl methyl sites for hydroxylation is 2. The van der Waals surface area contributed by atoms with Crippen LogP contribution in [0.5, 0.6) is 0 Å². The molecule has 4 atom stereocenters. The van der Waals surface area contributed by atoms with E-state index >= 15 is 0 Å². The Morgan fingerprint density at radius 2 is 1.23 bits per heavy atom. The number of carbonyl (C=O) groups excluding carboxylic acids is 2. The van der Waals surface area contributed by atoms with Crippen LogP contribution in [0.15, 0.2) is 49.3 Å². The van der Waals surface area contributed by atoms with Crippen LogP contribution in [0.3, 0.4) is 0 Å². The van der Waals surface area contributed by atoms with Crippen molar-refractivity contribution in [2.75, 3.05) is 13.2 Å². The number of imidazole rings is 2. The molecule has 0 aliphatic carbocycles. The average molecular weight is 555 g/mol. The van der Waals surface area contributed by atoms with Gasteiger partial charge in [-0.3, -0.25) is 9.59 Å². The van der Waals surface area contributed by atoms with Crippen molar-refractivity contribution < 1.29 is 29.3 Å². The molecule has 10 heteroatoms. The summed E-state index contributed by atoms with van der Waals surface area (Å²) in [5.41, 5.74) is 3.45. The SMILES string of the molecule is CC[C@H](C(=O)OCc1cccc(COC(=O)[C@@H](CC)[C@H](CO)Cc2cncn2C)c1)[C@H](CO)Cc1cncn1C. The van der Waals surface area contributed by atoms with E-state index in [1.165, 1.54) is 0 Å². The van der Waals surface area contributed by atoms with E-state index in [-0.39, 0.29) is 50.2 Å². The Balaban J connectivity index is 1.55. The molecule has 1 aromatic carbocycles. The molecule has 2 aromatic heterocycles. The lowest BCUT2D eigenvalue weighted by atomic mass is 9.87. The minimum absolute atomic E-state index is 0.0792. The molecule has 0 unspecified atom stereocenters. The Hall–Kier alpha value is -3.50. The van der Waals surface area contributed by atoms with E-state index in [0.29, 0.717) is 25.7 Å². The molecular weight excluding hydrogens is 512 g/mol. The van der Waals surface area contributed by atoms with Gasteiger partial charge in [0.05, 0.1) is 24.5 Å². The summed E-state index contributed by atoms with van der Waals surface area (Å²) >= 11 is 0. The second-order valence-corrected chi connectivity index (χ2v) is 10.4. The van der Waals surface area contributed by atoms with Gasteiger partial charge in [-0.25, -0.2) is 9.97 Å².